The number of nitrogens with one attached hydrogen (secondary N) is 1. The van der Waals surface area contributed by atoms with Crippen molar-refractivity contribution < 1.29 is 13.5 Å². The molecule has 0 amide bonds. The van der Waals surface area contributed by atoms with Gasteiger partial charge in [0.05, 0.1) is 25.2 Å². The van der Waals surface area contributed by atoms with Crippen LogP contribution in [0.2, 0.25) is 0 Å². The molecule has 1 aliphatic heterocycles. The van der Waals surface area contributed by atoms with Crippen LogP contribution >= 0.6 is 0 Å². The van der Waals surface area contributed by atoms with Crippen molar-refractivity contribution in [3.63, 3.8) is 0 Å². The number of halogens is 2. The van der Waals surface area contributed by atoms with Gasteiger partial charge in [0.1, 0.15) is 11.0 Å². The van der Waals surface area contributed by atoms with Gasteiger partial charge in [0.15, 0.2) is 0 Å². The number of aromatic nitrogens is 6. The van der Waals surface area contributed by atoms with Gasteiger partial charge in [-0.25, -0.2) is 18.0 Å². The van der Waals surface area contributed by atoms with Crippen LogP contribution in [0.1, 0.15) is 6.42 Å². The Hall–Kier alpha value is -3.34. The molecule has 1 N–H and O–H groups in total. The fourth-order valence-electron chi connectivity index (χ4n) is 4.07. The maximum absolute atomic E-state index is 14.5. The highest BCUT2D eigenvalue weighted by Crippen LogP contribution is 2.34. The van der Waals surface area contributed by atoms with E-state index in [1.54, 1.807) is 27.3 Å². The molecule has 1 aliphatic rings. The number of methoxy groups -OCH3 is 1. The molecule has 1 aromatic carbocycles. The number of likely N-dealkylation sites (tertiary alicyclic amines) is 1. The summed E-state index contributed by atoms with van der Waals surface area (Å²) in [6, 6.07) is 6.67. The summed E-state index contributed by atoms with van der Waals surface area (Å²) in [5.74, 6) is -2.48. The molecular weight excluding hydrogens is 406 g/mol. The van der Waals surface area contributed by atoms with E-state index in [1.165, 1.54) is 7.11 Å². The molecule has 3 aromatic heterocycles. The Morgan fingerprint density at radius 3 is 2.84 bits per heavy atom. The summed E-state index contributed by atoms with van der Waals surface area (Å²) in [5, 5.41) is 15.4. The van der Waals surface area contributed by atoms with Gasteiger partial charge in [0.2, 0.25) is 11.8 Å². The molecule has 1 atom stereocenters. The first-order chi connectivity index (χ1) is 14.9. The number of nitrogens with zero attached hydrogens (tertiary/aromatic N) is 7. The van der Waals surface area contributed by atoms with Gasteiger partial charge in [-0.3, -0.25) is 0 Å². The van der Waals surface area contributed by atoms with E-state index in [1.807, 2.05) is 31.3 Å². The van der Waals surface area contributed by atoms with E-state index in [0.717, 1.165) is 22.2 Å². The van der Waals surface area contributed by atoms with E-state index >= 15 is 0 Å². The minimum Gasteiger partial charge on any atom is -0.479 e. The normalized spacial score (nSPS) is 19.2. The molecule has 1 unspecified atom stereocenters. The molecular formula is C20H22F2N8O. The van der Waals surface area contributed by atoms with Crippen LogP contribution in [-0.2, 0) is 7.05 Å². The van der Waals surface area contributed by atoms with Gasteiger partial charge in [0, 0.05) is 25.4 Å². The molecule has 9 nitrogen and oxygen atoms in total. The Morgan fingerprint density at radius 2 is 2.06 bits per heavy atom. The highest BCUT2D eigenvalue weighted by atomic mass is 19.3. The first kappa shape index (κ1) is 19.6. The number of fused-ring (bicyclic) bond motifs is 2. The molecule has 0 bridgehead atoms. The average molecular weight is 428 g/mol. The second-order valence-electron chi connectivity index (χ2n) is 7.87. The van der Waals surface area contributed by atoms with E-state index in [9.17, 15) is 8.78 Å². The topological polar surface area (TPSA) is 85.4 Å². The zero-order chi connectivity index (χ0) is 21.8. The molecule has 0 saturated carbocycles. The lowest BCUT2D eigenvalue weighted by Gasteiger charge is -2.36. The predicted octanol–water partition coefficient (Wildman–Crippen LogP) is 2.44. The van der Waals surface area contributed by atoms with Crippen molar-refractivity contribution in [2.45, 2.75) is 18.4 Å². The fourth-order valence-corrected chi connectivity index (χ4v) is 4.07. The van der Waals surface area contributed by atoms with Crippen molar-refractivity contribution in [2.24, 2.45) is 7.05 Å². The van der Waals surface area contributed by atoms with Crippen molar-refractivity contribution in [1.29, 1.82) is 0 Å². The fraction of sp³-hybridized carbons (Fsp3) is 0.400. The van der Waals surface area contributed by atoms with Crippen LogP contribution in [0.4, 0.5) is 14.7 Å². The van der Waals surface area contributed by atoms with Crippen LogP contribution in [0.25, 0.3) is 27.7 Å². The predicted molar refractivity (Wildman–Crippen MR) is 112 cm³/mol. The lowest BCUT2D eigenvalue weighted by atomic mass is 10.0. The minimum atomic E-state index is -2.88. The van der Waals surface area contributed by atoms with Gasteiger partial charge in [-0.1, -0.05) is 11.3 Å². The van der Waals surface area contributed by atoms with Gasteiger partial charge in [-0.05, 0) is 37.2 Å². The highest BCUT2D eigenvalue weighted by molar-refractivity contribution is 5.89. The summed E-state index contributed by atoms with van der Waals surface area (Å²) in [6.07, 6.45) is 2.06. The second-order valence-corrected chi connectivity index (χ2v) is 7.87. The van der Waals surface area contributed by atoms with Crippen LogP contribution in [0.15, 0.2) is 30.5 Å². The van der Waals surface area contributed by atoms with Crippen LogP contribution in [0.3, 0.4) is 0 Å². The van der Waals surface area contributed by atoms with E-state index in [0.29, 0.717) is 24.4 Å². The Bertz CT molecular complexity index is 1270. The quantitative estimate of drug-likeness (QED) is 0.534. The zero-order valence-corrected chi connectivity index (χ0v) is 17.4. The number of benzene rings is 1. The van der Waals surface area contributed by atoms with Crippen molar-refractivity contribution in [3.8, 4) is 17.0 Å². The van der Waals surface area contributed by atoms with Gasteiger partial charge in [-0.2, -0.15) is 4.98 Å². The van der Waals surface area contributed by atoms with Gasteiger partial charge in [-0.15, -0.1) is 10.2 Å². The first-order valence-corrected chi connectivity index (χ1v) is 9.92. The third-order valence-electron chi connectivity index (χ3n) is 5.69. The molecule has 4 aromatic rings. The monoisotopic (exact) mass is 428 g/mol. The molecule has 11 heteroatoms. The maximum Gasteiger partial charge on any atom is 0.280 e. The van der Waals surface area contributed by atoms with Crippen LogP contribution in [0.5, 0.6) is 5.88 Å². The zero-order valence-electron chi connectivity index (χ0n) is 17.4. The third-order valence-corrected chi connectivity index (χ3v) is 5.69. The molecule has 0 spiro atoms. The number of hydrogen-bond donors (Lipinski definition) is 1. The van der Waals surface area contributed by atoms with Crippen molar-refractivity contribution in [3.05, 3.63) is 30.5 Å². The molecule has 5 rings (SSSR count). The lowest BCUT2D eigenvalue weighted by Crippen LogP contribution is -2.53. The van der Waals surface area contributed by atoms with Crippen LogP contribution < -0.4 is 10.1 Å². The number of aryl methyl sites for hydroxylation is 1. The summed E-state index contributed by atoms with van der Waals surface area (Å²) in [6.45, 7) is 0.273. The summed E-state index contributed by atoms with van der Waals surface area (Å²) in [4.78, 5) is 6.00. The SMILES string of the molecule is COc1nc(NC2CCN(C)CC2(F)F)nn2ccc(-c3ccc4nnn(C)c4c3)c12. The second kappa shape index (κ2) is 7.12. The number of alkyl halides is 2. The van der Waals surface area contributed by atoms with Crippen LogP contribution in [0, 0.1) is 0 Å². The van der Waals surface area contributed by atoms with E-state index in [-0.39, 0.29) is 12.5 Å². The Kier molecular flexibility index (Phi) is 4.50. The largest absolute Gasteiger partial charge is 0.479 e. The molecule has 0 aliphatic carbocycles. The Labute approximate surface area is 176 Å². The van der Waals surface area contributed by atoms with E-state index < -0.39 is 12.0 Å². The summed E-state index contributed by atoms with van der Waals surface area (Å²) < 4.78 is 37.7. The van der Waals surface area contributed by atoms with Gasteiger partial charge < -0.3 is 15.0 Å². The molecule has 1 saturated heterocycles. The van der Waals surface area contributed by atoms with Gasteiger partial charge in [0.25, 0.3) is 5.92 Å². The van der Waals surface area contributed by atoms with E-state index in [4.69, 9.17) is 4.74 Å². The van der Waals surface area contributed by atoms with Crippen molar-refractivity contribution >= 4 is 22.5 Å². The Morgan fingerprint density at radius 1 is 1.23 bits per heavy atom. The third kappa shape index (κ3) is 3.34. The summed E-state index contributed by atoms with van der Waals surface area (Å²) >= 11 is 0. The van der Waals surface area contributed by atoms with Crippen LogP contribution in [-0.4, -0.2) is 73.7 Å². The number of anilines is 1. The van der Waals surface area contributed by atoms with Crippen molar-refractivity contribution in [2.75, 3.05) is 32.6 Å². The molecule has 31 heavy (non-hydrogen) atoms. The maximum atomic E-state index is 14.5. The molecule has 162 valence electrons. The smallest absolute Gasteiger partial charge is 0.280 e. The molecule has 0 radical (unpaired) electrons. The van der Waals surface area contributed by atoms with E-state index in [2.05, 4.69) is 25.7 Å². The summed E-state index contributed by atoms with van der Waals surface area (Å²) in [7, 11) is 5.02. The molecule has 1 fully saturated rings. The standard InChI is InChI=1S/C20H22F2N8O/c1-28-8-7-16(20(21,22)11-28)23-19-24-18(31-3)17-13(6-9-30(17)26-19)12-4-5-14-15(10-12)29(2)27-25-14/h4-6,9-10,16H,7-8,11H2,1-3H3,(H,23,26). The number of piperidine rings is 1. The minimum absolute atomic E-state index is 0.104. The van der Waals surface area contributed by atoms with Crippen molar-refractivity contribution in [1.82, 2.24) is 34.5 Å². The number of ether oxygens (including phenoxy) is 1. The average Bonchev–Trinajstić information content (AvgIpc) is 3.32. The Balaban J connectivity index is 1.54. The highest BCUT2D eigenvalue weighted by Gasteiger charge is 2.44. The number of rotatable bonds is 4. The summed E-state index contributed by atoms with van der Waals surface area (Å²) in [5.41, 5.74) is 4.11. The molecule has 4 heterocycles. The van der Waals surface area contributed by atoms with Gasteiger partial charge >= 0.3 is 0 Å². The number of hydrogen-bond acceptors (Lipinski definition) is 7. The lowest BCUT2D eigenvalue weighted by molar-refractivity contribution is -0.0675. The first-order valence-electron chi connectivity index (χ1n) is 9.92.